The predicted molar refractivity (Wildman–Crippen MR) is 240 cm³/mol. The van der Waals surface area contributed by atoms with Gasteiger partial charge in [0, 0.05) is 17.2 Å². The van der Waals surface area contributed by atoms with Crippen LogP contribution in [0.3, 0.4) is 0 Å². The third-order valence-corrected chi connectivity index (χ3v) is 14.2. The number of nitrogens with one attached hydrogen (secondary N) is 2. The number of aliphatic hydroxyl groups excluding tert-OH is 2. The van der Waals surface area contributed by atoms with E-state index < -0.39 is 155 Å². The summed E-state index contributed by atoms with van der Waals surface area (Å²) in [7, 11) is -23.0. The van der Waals surface area contributed by atoms with Crippen LogP contribution in [0.2, 0.25) is 0 Å². The molecule has 4 rings (SSSR count). The number of nitrogens with two attached hydrogens (primary N) is 2. The van der Waals surface area contributed by atoms with E-state index in [9.17, 15) is 66.8 Å². The molecule has 0 amide bonds. The maximum atomic E-state index is 13.1. The number of aromatic carboxylic acids is 1. The lowest BCUT2D eigenvalue weighted by molar-refractivity contribution is 0.0698. The first-order valence-corrected chi connectivity index (χ1v) is 26.0. The minimum Gasteiger partial charge on any atom is -0.495 e. The van der Waals surface area contributed by atoms with Crippen LogP contribution < -0.4 is 21.7 Å². The van der Waals surface area contributed by atoms with Crippen molar-refractivity contribution in [2.75, 3.05) is 48.8 Å². The van der Waals surface area contributed by atoms with Gasteiger partial charge < -0.3 is 36.4 Å². The van der Waals surface area contributed by atoms with Crippen LogP contribution in [0.25, 0.3) is 0 Å². The normalized spacial score (nSPS) is 12.8. The van der Waals surface area contributed by atoms with Gasteiger partial charge in [0.1, 0.15) is 43.9 Å². The number of benzene rings is 4. The van der Waals surface area contributed by atoms with Gasteiger partial charge in [-0.3, -0.25) is 19.1 Å². The summed E-state index contributed by atoms with van der Waals surface area (Å²) in [6, 6.07) is 6.61. The predicted octanol–water partition coefficient (Wildman–Crippen LogP) is 3.48. The Balaban J connectivity index is 2.03. The van der Waals surface area contributed by atoms with E-state index in [1.807, 2.05) is 0 Å². The number of nitrogen functional groups attached to an aromatic ring is 2. The first-order valence-electron chi connectivity index (χ1n) is 18.5. The Morgan fingerprint density at radius 3 is 1.60 bits per heavy atom. The van der Waals surface area contributed by atoms with Crippen LogP contribution in [-0.4, -0.2) is 115 Å². The van der Waals surface area contributed by atoms with E-state index in [4.69, 9.17) is 30.7 Å². The number of hydrogen-bond acceptors (Lipinski definition) is 27. The molecule has 36 heteroatoms. The lowest BCUT2D eigenvalue weighted by atomic mass is 10.1. The van der Waals surface area contributed by atoms with Gasteiger partial charge in [0.05, 0.1) is 78.4 Å². The molecule has 0 saturated carbocycles. The molecule has 70 heavy (non-hydrogen) atoms. The van der Waals surface area contributed by atoms with Crippen LogP contribution in [0, 0.1) is 12.3 Å². The Morgan fingerprint density at radius 2 is 1.14 bits per heavy atom. The fourth-order valence-corrected chi connectivity index (χ4v) is 9.85. The molecule has 0 bridgehead atoms. The second-order valence-electron chi connectivity index (χ2n) is 13.5. The van der Waals surface area contributed by atoms with Gasteiger partial charge in [-0.1, -0.05) is 0 Å². The van der Waals surface area contributed by atoms with Gasteiger partial charge in [-0.15, -0.1) is 25.6 Å². The molecule has 4 aromatic rings. The Kier molecular flexibility index (Phi) is 17.9. The summed E-state index contributed by atoms with van der Waals surface area (Å²) in [6.07, 6.45) is 0.453. The van der Waals surface area contributed by atoms with Crippen LogP contribution in [0.15, 0.2) is 87.8 Å². The third-order valence-electron chi connectivity index (χ3n) is 8.87. The summed E-state index contributed by atoms with van der Waals surface area (Å²) in [5.41, 5.74) is 7.90. The zero-order valence-electron chi connectivity index (χ0n) is 35.5. The zero-order chi connectivity index (χ0) is 52.6. The van der Waals surface area contributed by atoms with E-state index in [1.54, 1.807) is 0 Å². The molecule has 0 atom stereocenters. The van der Waals surface area contributed by atoms with Crippen molar-refractivity contribution in [1.82, 2.24) is 0 Å². The Morgan fingerprint density at radius 1 is 0.671 bits per heavy atom. The molecule has 0 aromatic heterocycles. The van der Waals surface area contributed by atoms with E-state index >= 15 is 0 Å². The number of methoxy groups -OCH3 is 1. The van der Waals surface area contributed by atoms with Gasteiger partial charge in [-0.25, -0.2) is 35.5 Å². The molecule has 0 aliphatic heterocycles. The van der Waals surface area contributed by atoms with Gasteiger partial charge in [-0.2, -0.15) is 30.4 Å². The molecule has 0 spiro atoms. The number of aryl methyl sites for hydroxylation is 1. The van der Waals surface area contributed by atoms with Crippen LogP contribution in [-0.2, 0) is 77.0 Å². The standard InChI is InChI=1S/C34H38N10O21S5/c1-17-9-21(18(14-45)10-26(17)66(49,50)7-5-64-69(56,57)58)38-41-31-28(34(47)48)32(42-40-23-12-20(44-63-16-35)3-4-25(23)68(53,54)55)30(37)33(29(31)36)43-39-22-13-24(62-2)27(11-19(22)15-46)67(51,52)8-6-65-70(59,60)61/h3-4,9-13,16,35,44-46H,5-8,14-15,36-37H2,1-2H3,(H,47,48)(H,53,54,55)(H,56,57,58)(H,59,60,61). The third kappa shape index (κ3) is 14.2. The molecule has 31 nitrogen and oxygen atoms in total. The van der Waals surface area contributed by atoms with Crippen molar-refractivity contribution in [3.63, 3.8) is 0 Å². The van der Waals surface area contributed by atoms with Crippen LogP contribution >= 0.6 is 0 Å². The van der Waals surface area contributed by atoms with E-state index in [1.165, 1.54) is 6.92 Å². The first-order chi connectivity index (χ1) is 32.5. The quantitative estimate of drug-likeness (QED) is 0.0120. The highest BCUT2D eigenvalue weighted by Crippen LogP contribution is 2.50. The Bertz CT molecular complexity index is 3390. The fourth-order valence-electron chi connectivity index (χ4n) is 5.76. The van der Waals surface area contributed by atoms with E-state index in [0.29, 0.717) is 6.40 Å². The van der Waals surface area contributed by atoms with E-state index in [2.05, 4.69) is 49.4 Å². The van der Waals surface area contributed by atoms with Crippen molar-refractivity contribution in [2.24, 2.45) is 30.7 Å². The summed E-state index contributed by atoms with van der Waals surface area (Å²) < 4.78 is 162. The molecule has 0 aliphatic carbocycles. The summed E-state index contributed by atoms with van der Waals surface area (Å²) in [5, 5.41) is 61.5. The van der Waals surface area contributed by atoms with Gasteiger partial charge in [0.25, 0.3) is 10.1 Å². The SMILES string of the molecule is COc1cc(N=Nc2c(N)c(N=Nc3cc(C)c(S(=O)(=O)CCOS(=O)(=O)O)cc3CO)c(C(=O)O)c(N=Nc3cc(NOC=N)ccc3S(=O)(=O)O)c2N)c(CO)cc1S(=O)(=O)CCOS(=O)(=O)O. The maximum Gasteiger partial charge on any atom is 0.397 e. The number of nitrogens with zero attached hydrogens (tertiary/aromatic N) is 6. The molecule has 0 radical (unpaired) electrons. The number of carboxylic acids is 1. The average Bonchev–Trinajstić information content (AvgIpc) is 3.25. The Hall–Kier alpha value is -6.71. The van der Waals surface area contributed by atoms with Gasteiger partial charge >= 0.3 is 26.8 Å². The Labute approximate surface area is 396 Å². The highest BCUT2D eigenvalue weighted by atomic mass is 32.3. The van der Waals surface area contributed by atoms with Crippen LogP contribution in [0.5, 0.6) is 5.75 Å². The summed E-state index contributed by atoms with van der Waals surface area (Å²) in [4.78, 5) is 15.7. The van der Waals surface area contributed by atoms with Crippen molar-refractivity contribution in [2.45, 2.75) is 34.8 Å². The van der Waals surface area contributed by atoms with Gasteiger partial charge in [0.2, 0.25) is 6.40 Å². The number of hydrogen-bond donors (Lipinski definition) is 10. The van der Waals surface area contributed by atoms with Crippen molar-refractivity contribution >= 4 is 114 Å². The second kappa shape index (κ2) is 22.4. The van der Waals surface area contributed by atoms with Crippen molar-refractivity contribution in [1.29, 1.82) is 5.41 Å². The zero-order valence-corrected chi connectivity index (χ0v) is 39.6. The monoisotopic (exact) mass is 1080 g/mol. The molecule has 0 fully saturated rings. The molecule has 380 valence electrons. The highest BCUT2D eigenvalue weighted by Gasteiger charge is 2.29. The minimum absolute atomic E-state index is 0.0801. The van der Waals surface area contributed by atoms with Gasteiger partial charge in [0.15, 0.2) is 19.7 Å². The maximum absolute atomic E-state index is 13.1. The molecule has 0 aliphatic rings. The number of rotatable bonds is 24. The summed E-state index contributed by atoms with van der Waals surface area (Å²) in [6.45, 7) is -2.67. The second-order valence-corrected chi connectivity index (χ2v) is 21.2. The number of azo groups is 3. The largest absolute Gasteiger partial charge is 0.495 e. The number of anilines is 3. The fraction of sp³-hybridized carbons (Fsp3) is 0.235. The van der Waals surface area contributed by atoms with Crippen molar-refractivity contribution < 1.29 is 93.8 Å². The molecule has 0 saturated heterocycles. The first kappa shape index (κ1) is 55.9. The van der Waals surface area contributed by atoms with Crippen molar-refractivity contribution in [3.8, 4) is 5.75 Å². The number of aliphatic hydroxyl groups is 2. The van der Waals surface area contributed by atoms with Gasteiger partial charge in [-0.05, 0) is 48.9 Å². The number of sulfone groups is 2. The molecular weight excluding hydrogens is 1040 g/mol. The number of carbonyl (C=O) groups is 1. The highest BCUT2D eigenvalue weighted by molar-refractivity contribution is 7.92. The molecule has 4 aromatic carbocycles. The topological polar surface area (TPSA) is 508 Å². The summed E-state index contributed by atoms with van der Waals surface area (Å²) >= 11 is 0. The molecular formula is C34H38N10O21S5. The smallest absolute Gasteiger partial charge is 0.397 e. The number of carboxylic acid groups (broad SMARTS) is 1. The molecule has 12 N–H and O–H groups in total. The molecule has 0 heterocycles. The van der Waals surface area contributed by atoms with Crippen molar-refractivity contribution in [3.05, 3.63) is 64.7 Å². The average molecular weight is 1080 g/mol. The number of ether oxygens (including phenoxy) is 1. The minimum atomic E-state index is -5.09. The van der Waals surface area contributed by atoms with E-state index in [0.717, 1.165) is 49.6 Å². The van der Waals surface area contributed by atoms with E-state index in [-0.39, 0.29) is 33.8 Å². The molecule has 0 unspecified atom stereocenters. The van der Waals surface area contributed by atoms with Crippen LogP contribution in [0.1, 0.15) is 27.0 Å². The summed E-state index contributed by atoms with van der Waals surface area (Å²) in [5.74, 6) is -4.35. The van der Waals surface area contributed by atoms with Crippen LogP contribution in [0.4, 0.5) is 51.2 Å². The lowest BCUT2D eigenvalue weighted by Gasteiger charge is -2.15. The lowest BCUT2D eigenvalue weighted by Crippen LogP contribution is -2.16.